The summed E-state index contributed by atoms with van der Waals surface area (Å²) < 4.78 is 44.8. The maximum Gasteiger partial charge on any atom is 0.255 e. The van der Waals surface area contributed by atoms with Crippen LogP contribution < -0.4 is 10.1 Å². The number of morpholine rings is 1. The molecular formula is C25H25N3O6. The molecule has 0 aliphatic carbocycles. The molecule has 3 aliphatic rings. The van der Waals surface area contributed by atoms with Crippen molar-refractivity contribution < 1.29 is 34.1 Å². The molecule has 0 aromatic heterocycles. The maximum atomic E-state index is 13.0. The number of benzene rings is 2. The summed E-state index contributed by atoms with van der Waals surface area (Å²) in [5.74, 6) is -1.49. The summed E-state index contributed by atoms with van der Waals surface area (Å²) in [6.45, 7) is -3.40. The van der Waals surface area contributed by atoms with E-state index in [-0.39, 0.29) is 73.9 Å². The van der Waals surface area contributed by atoms with Crippen LogP contribution in [0.3, 0.4) is 0 Å². The molecule has 2 fully saturated rings. The third-order valence-electron chi connectivity index (χ3n) is 5.94. The Kier molecular flexibility index (Phi) is 4.83. The number of ether oxygens (including phenoxy) is 2. The van der Waals surface area contributed by atoms with Crippen LogP contribution in [0.2, 0.25) is 0 Å². The Morgan fingerprint density at radius 2 is 2.00 bits per heavy atom. The summed E-state index contributed by atoms with van der Waals surface area (Å²) in [5, 5.41) is 2.26. The number of nitrogens with zero attached hydrogens (tertiary/aromatic N) is 2. The van der Waals surface area contributed by atoms with Crippen molar-refractivity contribution in [3.63, 3.8) is 0 Å². The predicted molar refractivity (Wildman–Crippen MR) is 119 cm³/mol. The molecule has 2 unspecified atom stereocenters. The molecule has 2 saturated heterocycles. The number of nitrogens with one attached hydrogen (secondary N) is 1. The third kappa shape index (κ3) is 4.38. The van der Waals surface area contributed by atoms with E-state index in [0.717, 1.165) is 4.90 Å². The van der Waals surface area contributed by atoms with E-state index in [1.807, 2.05) is 0 Å². The average Bonchev–Trinajstić information content (AvgIpc) is 3.21. The van der Waals surface area contributed by atoms with Crippen molar-refractivity contribution in [1.82, 2.24) is 15.1 Å². The van der Waals surface area contributed by atoms with Gasteiger partial charge in [0.15, 0.2) is 0 Å². The summed E-state index contributed by atoms with van der Waals surface area (Å²) in [7, 11) is 0. The minimum absolute atomic E-state index is 0.0187. The van der Waals surface area contributed by atoms with Gasteiger partial charge < -0.3 is 19.3 Å². The van der Waals surface area contributed by atoms with E-state index >= 15 is 0 Å². The number of hydrogen-bond acceptors (Lipinski definition) is 6. The van der Waals surface area contributed by atoms with Gasteiger partial charge in [0.25, 0.3) is 5.91 Å². The molecule has 3 aliphatic heterocycles. The first-order chi connectivity index (χ1) is 18.1. The monoisotopic (exact) mass is 467 g/mol. The third-order valence-corrected chi connectivity index (χ3v) is 5.94. The number of fused-ring (bicyclic) bond motifs is 1. The second-order valence-corrected chi connectivity index (χ2v) is 8.16. The Labute approximate surface area is 202 Å². The van der Waals surface area contributed by atoms with Gasteiger partial charge >= 0.3 is 0 Å². The molecule has 34 heavy (non-hydrogen) atoms. The molecule has 2 aromatic rings. The second-order valence-electron chi connectivity index (χ2n) is 8.16. The number of carbonyl (C=O) groups excluding carboxylic acids is 4. The van der Waals surface area contributed by atoms with Gasteiger partial charge in [0.05, 0.1) is 18.6 Å². The molecule has 2 atom stereocenters. The standard InChI is InChI=1S/C25H25N3O6/c29-22-9-8-20(24(31)26-22)28-13-19-18(25(28)32)2-1-3-21(19)34-14-17-6-4-16(5-7-17)12-27-10-11-33-15-23(27)30/h1-7,20H,8-15H2,(H,26,29,31)/i4D,12D2,14D. The van der Waals surface area contributed by atoms with Crippen LogP contribution in [0.15, 0.2) is 42.4 Å². The first kappa shape index (κ1) is 17.7. The molecule has 5 rings (SSSR count). The molecule has 0 spiro atoms. The van der Waals surface area contributed by atoms with Gasteiger partial charge in [-0.2, -0.15) is 0 Å². The van der Waals surface area contributed by atoms with Crippen LogP contribution in [-0.4, -0.2) is 59.2 Å². The lowest BCUT2D eigenvalue weighted by molar-refractivity contribution is -0.143. The van der Waals surface area contributed by atoms with Crippen LogP contribution >= 0.6 is 0 Å². The molecule has 0 bridgehead atoms. The van der Waals surface area contributed by atoms with E-state index in [4.69, 9.17) is 15.0 Å². The molecule has 0 radical (unpaired) electrons. The van der Waals surface area contributed by atoms with Gasteiger partial charge in [-0.25, -0.2) is 0 Å². The zero-order valence-electron chi connectivity index (χ0n) is 22.2. The second kappa shape index (κ2) is 9.26. The smallest absolute Gasteiger partial charge is 0.255 e. The topological polar surface area (TPSA) is 105 Å². The Balaban J connectivity index is 1.34. The van der Waals surface area contributed by atoms with Gasteiger partial charge in [-0.05, 0) is 29.7 Å². The van der Waals surface area contributed by atoms with Gasteiger partial charge in [-0.1, -0.05) is 30.3 Å². The molecule has 176 valence electrons. The largest absolute Gasteiger partial charge is 0.489 e. The van der Waals surface area contributed by atoms with E-state index in [1.54, 1.807) is 18.2 Å². The molecule has 2 aromatic carbocycles. The summed E-state index contributed by atoms with van der Waals surface area (Å²) in [5.41, 5.74) is 1.13. The number of carbonyl (C=O) groups is 4. The van der Waals surface area contributed by atoms with Crippen molar-refractivity contribution in [1.29, 1.82) is 0 Å². The average molecular weight is 468 g/mol. The van der Waals surface area contributed by atoms with E-state index in [9.17, 15) is 19.2 Å². The zero-order valence-corrected chi connectivity index (χ0v) is 18.2. The lowest BCUT2D eigenvalue weighted by Gasteiger charge is -2.29. The minimum atomic E-state index is -2.23. The fraction of sp³-hybridized carbons (Fsp3) is 0.360. The van der Waals surface area contributed by atoms with Gasteiger partial charge in [0, 0.05) is 30.6 Å². The quantitative estimate of drug-likeness (QED) is 0.644. The van der Waals surface area contributed by atoms with Crippen LogP contribution in [0.1, 0.15) is 45.4 Å². The van der Waals surface area contributed by atoms with Crippen LogP contribution in [0, 0.1) is 0 Å². The molecule has 9 nitrogen and oxygen atoms in total. The van der Waals surface area contributed by atoms with Crippen LogP contribution in [0.4, 0.5) is 0 Å². The number of imide groups is 1. The fourth-order valence-electron chi connectivity index (χ4n) is 4.16. The van der Waals surface area contributed by atoms with Crippen molar-refractivity contribution in [3.05, 3.63) is 64.7 Å². The van der Waals surface area contributed by atoms with Crippen molar-refractivity contribution in [2.45, 2.75) is 38.5 Å². The van der Waals surface area contributed by atoms with Gasteiger partial charge in [0.1, 0.15) is 25.0 Å². The summed E-state index contributed by atoms with van der Waals surface area (Å²) >= 11 is 0. The highest BCUT2D eigenvalue weighted by atomic mass is 16.5. The van der Waals surface area contributed by atoms with Gasteiger partial charge in [-0.3, -0.25) is 24.5 Å². The predicted octanol–water partition coefficient (Wildman–Crippen LogP) is 1.39. The highest BCUT2D eigenvalue weighted by molar-refractivity contribution is 6.05. The number of hydrogen-bond donors (Lipinski definition) is 1. The molecular weight excluding hydrogens is 438 g/mol. The summed E-state index contributed by atoms with van der Waals surface area (Å²) in [6.07, 6.45) is 0.363. The first-order valence-electron chi connectivity index (χ1n) is 13.0. The van der Waals surface area contributed by atoms with Crippen molar-refractivity contribution in [3.8, 4) is 5.75 Å². The Morgan fingerprint density at radius 3 is 2.79 bits per heavy atom. The summed E-state index contributed by atoms with van der Waals surface area (Å²) in [6, 6.07) is 8.03. The normalized spacial score (nSPS) is 23.5. The SMILES string of the molecule is [2H]c1cc(C([2H])Oc2cccc3c2CN(C2CCC(=O)NC2=O)C3=O)ccc1C([2H])([2H])N1CCOCC1=O. The molecule has 9 heteroatoms. The number of amides is 4. The number of rotatable bonds is 6. The zero-order chi connectivity index (χ0) is 27.2. The lowest BCUT2D eigenvalue weighted by Crippen LogP contribution is -2.52. The Morgan fingerprint density at radius 1 is 1.15 bits per heavy atom. The highest BCUT2D eigenvalue weighted by Gasteiger charge is 2.40. The van der Waals surface area contributed by atoms with Gasteiger partial charge in [0.2, 0.25) is 17.7 Å². The van der Waals surface area contributed by atoms with Crippen molar-refractivity contribution in [2.24, 2.45) is 0 Å². The van der Waals surface area contributed by atoms with Gasteiger partial charge in [-0.15, -0.1) is 0 Å². The molecule has 0 saturated carbocycles. The molecule has 1 N–H and O–H groups in total. The van der Waals surface area contributed by atoms with E-state index in [1.165, 1.54) is 23.1 Å². The highest BCUT2D eigenvalue weighted by Crippen LogP contribution is 2.34. The van der Waals surface area contributed by atoms with E-state index in [2.05, 4.69) is 5.32 Å². The first-order valence-corrected chi connectivity index (χ1v) is 10.9. The maximum absolute atomic E-state index is 13.0. The van der Waals surface area contributed by atoms with Crippen LogP contribution in [0.25, 0.3) is 0 Å². The lowest BCUT2D eigenvalue weighted by atomic mass is 10.0. The van der Waals surface area contributed by atoms with Crippen LogP contribution in [-0.2, 0) is 38.7 Å². The Hall–Kier alpha value is -3.72. The van der Waals surface area contributed by atoms with Crippen LogP contribution in [0.5, 0.6) is 5.75 Å². The fourth-order valence-corrected chi connectivity index (χ4v) is 4.16. The molecule has 4 amide bonds. The van der Waals surface area contributed by atoms with E-state index in [0.29, 0.717) is 11.1 Å². The van der Waals surface area contributed by atoms with E-state index < -0.39 is 30.9 Å². The summed E-state index contributed by atoms with van der Waals surface area (Å²) in [4.78, 5) is 51.4. The van der Waals surface area contributed by atoms with Crippen molar-refractivity contribution >= 4 is 23.6 Å². The number of piperidine rings is 1. The Bertz CT molecular complexity index is 1340. The van der Waals surface area contributed by atoms with Crippen molar-refractivity contribution in [2.75, 3.05) is 19.8 Å². The minimum Gasteiger partial charge on any atom is -0.489 e. The molecule has 3 heterocycles.